The highest BCUT2D eigenvalue weighted by atomic mass is 16.6. The second-order valence-electron chi connectivity index (χ2n) is 8.07. The van der Waals surface area contributed by atoms with Crippen LogP contribution in [0, 0.1) is 6.92 Å². The highest BCUT2D eigenvalue weighted by molar-refractivity contribution is 5.86. The van der Waals surface area contributed by atoms with Gasteiger partial charge >= 0.3 is 6.09 Å². The first-order chi connectivity index (χ1) is 14.9. The van der Waals surface area contributed by atoms with Crippen molar-refractivity contribution < 1.29 is 14.3 Å². The number of rotatable bonds is 5. The number of nitrogens with one attached hydrogen (secondary N) is 2. The number of hydrogen-bond donors (Lipinski definition) is 2. The SMILES string of the molecule is CCC(=O)N[C@H]1CC[C@@H](N(C)C(=O)Oc2ccc(-c3cc4cn[nH]c4cc3C)cn2)C1. The molecule has 0 saturated heterocycles. The van der Waals surface area contributed by atoms with E-state index < -0.39 is 6.09 Å². The van der Waals surface area contributed by atoms with Crippen LogP contribution in [-0.2, 0) is 4.79 Å². The minimum Gasteiger partial charge on any atom is -0.391 e. The molecular formula is C23H27N5O3. The summed E-state index contributed by atoms with van der Waals surface area (Å²) in [6, 6.07) is 7.88. The van der Waals surface area contributed by atoms with Gasteiger partial charge in [-0.05, 0) is 55.5 Å². The predicted molar refractivity (Wildman–Crippen MR) is 118 cm³/mol. The summed E-state index contributed by atoms with van der Waals surface area (Å²) in [5, 5.41) is 11.1. The molecule has 1 aromatic carbocycles. The molecule has 4 rings (SSSR count). The Morgan fingerprint density at radius 2 is 2.10 bits per heavy atom. The number of fused-ring (bicyclic) bond motifs is 1. The van der Waals surface area contributed by atoms with Crippen molar-refractivity contribution in [2.75, 3.05) is 7.05 Å². The Labute approximate surface area is 181 Å². The highest BCUT2D eigenvalue weighted by Gasteiger charge is 2.31. The fourth-order valence-electron chi connectivity index (χ4n) is 4.09. The molecule has 8 nitrogen and oxygen atoms in total. The zero-order valence-electron chi connectivity index (χ0n) is 18.0. The number of nitrogens with zero attached hydrogens (tertiary/aromatic N) is 3. The van der Waals surface area contributed by atoms with E-state index in [-0.39, 0.29) is 23.9 Å². The van der Waals surface area contributed by atoms with E-state index in [9.17, 15) is 9.59 Å². The summed E-state index contributed by atoms with van der Waals surface area (Å²) < 4.78 is 5.48. The molecule has 1 aliphatic carbocycles. The predicted octanol–water partition coefficient (Wildman–Crippen LogP) is 3.81. The van der Waals surface area contributed by atoms with E-state index in [1.807, 2.05) is 19.9 Å². The summed E-state index contributed by atoms with van der Waals surface area (Å²) in [5.74, 6) is 0.304. The lowest BCUT2D eigenvalue weighted by Gasteiger charge is -2.23. The fourth-order valence-corrected chi connectivity index (χ4v) is 4.09. The summed E-state index contributed by atoms with van der Waals surface area (Å²) >= 11 is 0. The third-order valence-electron chi connectivity index (χ3n) is 5.95. The number of H-pyrrole nitrogens is 1. The summed E-state index contributed by atoms with van der Waals surface area (Å²) in [6.45, 7) is 3.87. The van der Waals surface area contributed by atoms with Crippen molar-refractivity contribution in [1.29, 1.82) is 0 Å². The Kier molecular flexibility index (Phi) is 5.88. The maximum Gasteiger partial charge on any atom is 0.416 e. The van der Waals surface area contributed by atoms with Crippen LogP contribution in [0.1, 0.15) is 38.2 Å². The molecule has 0 bridgehead atoms. The first-order valence-electron chi connectivity index (χ1n) is 10.6. The van der Waals surface area contributed by atoms with Gasteiger partial charge in [0.05, 0.1) is 11.7 Å². The first-order valence-corrected chi connectivity index (χ1v) is 10.6. The van der Waals surface area contributed by atoms with Crippen LogP contribution in [0.15, 0.2) is 36.7 Å². The summed E-state index contributed by atoms with van der Waals surface area (Å²) in [7, 11) is 1.73. The number of carbonyl (C=O) groups is 2. The van der Waals surface area contributed by atoms with E-state index in [1.165, 1.54) is 0 Å². The average Bonchev–Trinajstić information content (AvgIpc) is 3.42. The molecule has 2 atom stereocenters. The van der Waals surface area contributed by atoms with Gasteiger partial charge < -0.3 is 15.0 Å². The van der Waals surface area contributed by atoms with Crippen LogP contribution in [0.25, 0.3) is 22.0 Å². The van der Waals surface area contributed by atoms with Gasteiger partial charge in [-0.3, -0.25) is 9.89 Å². The van der Waals surface area contributed by atoms with Crippen molar-refractivity contribution in [3.8, 4) is 17.0 Å². The number of aromatic nitrogens is 3. The van der Waals surface area contributed by atoms with Gasteiger partial charge in [0.1, 0.15) is 0 Å². The maximum atomic E-state index is 12.6. The molecule has 0 spiro atoms. The molecule has 31 heavy (non-hydrogen) atoms. The van der Waals surface area contributed by atoms with Crippen molar-refractivity contribution in [2.24, 2.45) is 0 Å². The number of aromatic amines is 1. The van der Waals surface area contributed by atoms with Gasteiger partial charge in [0, 0.05) is 48.8 Å². The smallest absolute Gasteiger partial charge is 0.391 e. The minimum atomic E-state index is -0.441. The maximum absolute atomic E-state index is 12.6. The summed E-state index contributed by atoms with van der Waals surface area (Å²) in [6.07, 6.45) is 5.96. The largest absolute Gasteiger partial charge is 0.416 e. The van der Waals surface area contributed by atoms with Crippen LogP contribution in [0.5, 0.6) is 5.88 Å². The number of aryl methyl sites for hydroxylation is 1. The van der Waals surface area contributed by atoms with Crippen LogP contribution < -0.4 is 10.1 Å². The Morgan fingerprint density at radius 1 is 1.26 bits per heavy atom. The molecule has 0 radical (unpaired) electrons. The van der Waals surface area contributed by atoms with Gasteiger partial charge in [-0.15, -0.1) is 0 Å². The lowest BCUT2D eigenvalue weighted by Crippen LogP contribution is -2.39. The number of pyridine rings is 1. The van der Waals surface area contributed by atoms with E-state index >= 15 is 0 Å². The standard InChI is InChI=1S/C23H27N5O3/c1-4-21(29)26-17-6-7-18(11-17)28(3)23(30)31-22-8-5-15(12-24-22)19-10-16-13-25-27-20(16)9-14(19)2/h5,8-10,12-13,17-18H,4,6-7,11H2,1-3H3,(H,25,27)(H,26,29)/t17-,18+/m0/s1. The molecule has 162 valence electrons. The molecule has 0 aliphatic heterocycles. The van der Waals surface area contributed by atoms with Crippen molar-refractivity contribution >= 4 is 22.9 Å². The summed E-state index contributed by atoms with van der Waals surface area (Å²) in [5.41, 5.74) is 4.10. The topological polar surface area (TPSA) is 100 Å². The molecule has 1 fully saturated rings. The molecule has 2 aromatic heterocycles. The average molecular weight is 422 g/mol. The number of hydrogen-bond acceptors (Lipinski definition) is 5. The third kappa shape index (κ3) is 4.52. The first kappa shape index (κ1) is 20.8. The van der Waals surface area contributed by atoms with Crippen molar-refractivity contribution in [2.45, 2.75) is 51.6 Å². The second-order valence-corrected chi connectivity index (χ2v) is 8.07. The van der Waals surface area contributed by atoms with Crippen LogP contribution in [0.4, 0.5) is 4.79 Å². The summed E-state index contributed by atoms with van der Waals surface area (Å²) in [4.78, 5) is 30.1. The van der Waals surface area contributed by atoms with Crippen LogP contribution in [-0.4, -0.2) is 51.2 Å². The molecule has 1 aliphatic rings. The van der Waals surface area contributed by atoms with Gasteiger partial charge in [0.25, 0.3) is 0 Å². The van der Waals surface area contributed by atoms with Crippen molar-refractivity contribution in [3.63, 3.8) is 0 Å². The Morgan fingerprint density at radius 3 is 2.84 bits per heavy atom. The fraction of sp³-hybridized carbons (Fsp3) is 0.391. The second kappa shape index (κ2) is 8.75. The Balaban J connectivity index is 1.39. The van der Waals surface area contributed by atoms with E-state index in [2.05, 4.69) is 32.6 Å². The highest BCUT2D eigenvalue weighted by Crippen LogP contribution is 2.28. The van der Waals surface area contributed by atoms with Crippen LogP contribution >= 0.6 is 0 Å². The molecule has 1 saturated carbocycles. The van der Waals surface area contributed by atoms with E-state index in [4.69, 9.17) is 4.74 Å². The lowest BCUT2D eigenvalue weighted by molar-refractivity contribution is -0.121. The van der Waals surface area contributed by atoms with Gasteiger partial charge in [-0.2, -0.15) is 5.10 Å². The van der Waals surface area contributed by atoms with E-state index in [0.717, 1.165) is 46.9 Å². The Bertz CT molecular complexity index is 1090. The van der Waals surface area contributed by atoms with Crippen molar-refractivity contribution in [1.82, 2.24) is 25.4 Å². The number of carbonyl (C=O) groups excluding carboxylic acids is 2. The molecule has 8 heteroatoms. The van der Waals surface area contributed by atoms with E-state index in [1.54, 1.807) is 30.4 Å². The third-order valence-corrected chi connectivity index (χ3v) is 5.95. The van der Waals surface area contributed by atoms with E-state index in [0.29, 0.717) is 6.42 Å². The zero-order valence-corrected chi connectivity index (χ0v) is 18.0. The van der Waals surface area contributed by atoms with Crippen LogP contribution in [0.3, 0.4) is 0 Å². The minimum absolute atomic E-state index is 0.0401. The number of ether oxygens (including phenoxy) is 1. The molecular weight excluding hydrogens is 394 g/mol. The molecule has 2 N–H and O–H groups in total. The number of amides is 2. The van der Waals surface area contributed by atoms with Gasteiger partial charge in [0.15, 0.2) is 0 Å². The number of benzene rings is 1. The van der Waals surface area contributed by atoms with Gasteiger partial charge in [-0.25, -0.2) is 9.78 Å². The lowest BCUT2D eigenvalue weighted by atomic mass is 10.0. The van der Waals surface area contributed by atoms with Crippen LogP contribution in [0.2, 0.25) is 0 Å². The molecule has 2 heterocycles. The van der Waals surface area contributed by atoms with Gasteiger partial charge in [0.2, 0.25) is 11.8 Å². The van der Waals surface area contributed by atoms with Gasteiger partial charge in [-0.1, -0.05) is 6.92 Å². The molecule has 3 aromatic rings. The zero-order chi connectivity index (χ0) is 22.0. The normalized spacial score (nSPS) is 18.2. The van der Waals surface area contributed by atoms with Crippen molar-refractivity contribution in [3.05, 3.63) is 42.2 Å². The molecule has 0 unspecified atom stereocenters. The quantitative estimate of drug-likeness (QED) is 0.652. The monoisotopic (exact) mass is 421 g/mol. The molecule has 2 amide bonds. The Hall–Kier alpha value is -3.42.